The average Bonchev–Trinajstić information content (AvgIpc) is 2.80. The van der Waals surface area contributed by atoms with Crippen LogP contribution in [0.2, 0.25) is 5.02 Å². The van der Waals surface area contributed by atoms with Crippen LogP contribution in [0.25, 0.3) is 0 Å². The predicted octanol–water partition coefficient (Wildman–Crippen LogP) is 3.95. The number of anilines is 2. The monoisotopic (exact) mass is 424 g/mol. The molecule has 156 valence electrons. The second kappa shape index (κ2) is 9.32. The molecule has 7 heteroatoms. The standard InChI is InChI=1S/C23H25ClN4O2/c1-17(19-7-9-20(10-8-19)27-11-13-30-14-12-27)26-21-15-25-28(23(29)22(21)24)16-18-5-3-2-4-6-18/h2-10,15,17,26H,11-14,16H2,1H3. The van der Waals surface area contributed by atoms with Crippen molar-refractivity contribution in [3.63, 3.8) is 0 Å². The van der Waals surface area contributed by atoms with E-state index in [1.54, 1.807) is 6.20 Å². The van der Waals surface area contributed by atoms with Gasteiger partial charge in [-0.2, -0.15) is 5.10 Å². The van der Waals surface area contributed by atoms with E-state index in [9.17, 15) is 4.79 Å². The van der Waals surface area contributed by atoms with Gasteiger partial charge in [-0.1, -0.05) is 54.1 Å². The maximum atomic E-state index is 12.6. The van der Waals surface area contributed by atoms with Crippen molar-refractivity contribution in [3.8, 4) is 0 Å². The Morgan fingerprint density at radius 3 is 2.50 bits per heavy atom. The summed E-state index contributed by atoms with van der Waals surface area (Å²) >= 11 is 6.37. The fraction of sp³-hybridized carbons (Fsp3) is 0.304. The number of hydrogen-bond donors (Lipinski definition) is 1. The first-order valence-corrected chi connectivity index (χ1v) is 10.5. The van der Waals surface area contributed by atoms with Crippen molar-refractivity contribution < 1.29 is 4.74 Å². The lowest BCUT2D eigenvalue weighted by molar-refractivity contribution is 0.122. The van der Waals surface area contributed by atoms with E-state index in [4.69, 9.17) is 16.3 Å². The molecule has 0 spiro atoms. The molecule has 1 aromatic heterocycles. The molecule has 1 aliphatic heterocycles. The first-order chi connectivity index (χ1) is 14.6. The van der Waals surface area contributed by atoms with Crippen LogP contribution in [0.3, 0.4) is 0 Å². The number of hydrogen-bond acceptors (Lipinski definition) is 5. The van der Waals surface area contributed by atoms with Crippen molar-refractivity contribution in [3.05, 3.63) is 87.3 Å². The van der Waals surface area contributed by atoms with Crippen LogP contribution in [0.1, 0.15) is 24.1 Å². The lowest BCUT2D eigenvalue weighted by Gasteiger charge is -2.29. The summed E-state index contributed by atoms with van der Waals surface area (Å²) in [5.41, 5.74) is 3.53. The van der Waals surface area contributed by atoms with Crippen molar-refractivity contribution in [2.45, 2.75) is 19.5 Å². The van der Waals surface area contributed by atoms with Crippen LogP contribution in [0.5, 0.6) is 0 Å². The van der Waals surface area contributed by atoms with E-state index in [1.165, 1.54) is 10.4 Å². The average molecular weight is 425 g/mol. The van der Waals surface area contributed by atoms with Crippen LogP contribution in [0, 0.1) is 0 Å². The van der Waals surface area contributed by atoms with E-state index in [0.717, 1.165) is 37.4 Å². The number of morpholine rings is 1. The van der Waals surface area contributed by atoms with E-state index >= 15 is 0 Å². The van der Waals surface area contributed by atoms with Gasteiger partial charge in [0.2, 0.25) is 0 Å². The summed E-state index contributed by atoms with van der Waals surface area (Å²) in [4.78, 5) is 15.0. The predicted molar refractivity (Wildman–Crippen MR) is 121 cm³/mol. The highest BCUT2D eigenvalue weighted by molar-refractivity contribution is 6.32. The van der Waals surface area contributed by atoms with Gasteiger partial charge in [0.05, 0.1) is 31.6 Å². The van der Waals surface area contributed by atoms with Gasteiger partial charge in [-0.3, -0.25) is 4.79 Å². The van der Waals surface area contributed by atoms with Gasteiger partial charge in [0, 0.05) is 24.8 Å². The van der Waals surface area contributed by atoms with Crippen molar-refractivity contribution in [2.24, 2.45) is 0 Å². The van der Waals surface area contributed by atoms with Gasteiger partial charge in [-0.15, -0.1) is 0 Å². The zero-order valence-electron chi connectivity index (χ0n) is 16.9. The van der Waals surface area contributed by atoms with Crippen LogP contribution < -0.4 is 15.8 Å². The number of rotatable bonds is 6. The minimum Gasteiger partial charge on any atom is -0.378 e. The van der Waals surface area contributed by atoms with E-state index in [0.29, 0.717) is 12.2 Å². The first-order valence-electron chi connectivity index (χ1n) is 10.1. The molecule has 1 saturated heterocycles. The number of nitrogens with one attached hydrogen (secondary N) is 1. The Kier molecular flexibility index (Phi) is 6.35. The van der Waals surface area contributed by atoms with Crippen molar-refractivity contribution in [2.75, 3.05) is 36.5 Å². The molecule has 2 heterocycles. The topological polar surface area (TPSA) is 59.4 Å². The second-order valence-electron chi connectivity index (χ2n) is 7.38. The second-order valence-corrected chi connectivity index (χ2v) is 7.76. The molecule has 30 heavy (non-hydrogen) atoms. The summed E-state index contributed by atoms with van der Waals surface area (Å²) in [7, 11) is 0. The third kappa shape index (κ3) is 4.66. The molecule has 0 radical (unpaired) electrons. The van der Waals surface area contributed by atoms with E-state index < -0.39 is 0 Å². The molecule has 6 nitrogen and oxygen atoms in total. The first kappa shape index (κ1) is 20.4. The smallest absolute Gasteiger partial charge is 0.287 e. The summed E-state index contributed by atoms with van der Waals surface area (Å²) in [6.45, 7) is 5.78. The van der Waals surface area contributed by atoms with Crippen molar-refractivity contribution in [1.29, 1.82) is 0 Å². The third-order valence-corrected chi connectivity index (χ3v) is 5.67. The Morgan fingerprint density at radius 2 is 1.80 bits per heavy atom. The largest absolute Gasteiger partial charge is 0.378 e. The van der Waals surface area contributed by atoms with Crippen LogP contribution in [-0.4, -0.2) is 36.1 Å². The number of ether oxygens (including phenoxy) is 1. The molecule has 3 aromatic rings. The van der Waals surface area contributed by atoms with Crippen LogP contribution in [-0.2, 0) is 11.3 Å². The Bertz CT molecular complexity index is 1030. The van der Waals surface area contributed by atoms with Gasteiger partial charge in [-0.05, 0) is 30.2 Å². The summed E-state index contributed by atoms with van der Waals surface area (Å²) in [6.07, 6.45) is 1.62. The van der Waals surface area contributed by atoms with Gasteiger partial charge >= 0.3 is 0 Å². The summed E-state index contributed by atoms with van der Waals surface area (Å²) in [5, 5.41) is 7.76. The minimum absolute atomic E-state index is 0.0209. The van der Waals surface area contributed by atoms with Gasteiger partial charge in [0.15, 0.2) is 0 Å². The van der Waals surface area contributed by atoms with E-state index in [1.807, 2.05) is 37.3 Å². The lowest BCUT2D eigenvalue weighted by atomic mass is 10.1. The Balaban J connectivity index is 1.45. The number of halogens is 1. The molecule has 1 aliphatic rings. The zero-order valence-corrected chi connectivity index (χ0v) is 17.7. The summed E-state index contributed by atoms with van der Waals surface area (Å²) in [5.74, 6) is 0. The quantitative estimate of drug-likeness (QED) is 0.649. The third-order valence-electron chi connectivity index (χ3n) is 5.30. The molecular formula is C23H25ClN4O2. The number of nitrogens with zero attached hydrogens (tertiary/aromatic N) is 3. The summed E-state index contributed by atoms with van der Waals surface area (Å²) < 4.78 is 6.79. The highest BCUT2D eigenvalue weighted by atomic mass is 35.5. The molecule has 2 aromatic carbocycles. The molecule has 1 atom stereocenters. The minimum atomic E-state index is -0.305. The normalized spacial score (nSPS) is 15.1. The molecule has 1 N–H and O–H groups in total. The van der Waals surface area contributed by atoms with E-state index in [2.05, 4.69) is 39.6 Å². The Labute approximate surface area is 181 Å². The molecule has 1 unspecified atom stereocenters. The Morgan fingerprint density at radius 1 is 1.10 bits per heavy atom. The van der Waals surface area contributed by atoms with E-state index in [-0.39, 0.29) is 16.6 Å². The molecule has 1 fully saturated rings. The molecule has 4 rings (SSSR count). The summed E-state index contributed by atoms with van der Waals surface area (Å²) in [6, 6.07) is 18.1. The zero-order chi connectivity index (χ0) is 20.9. The van der Waals surface area contributed by atoms with Crippen LogP contribution in [0.4, 0.5) is 11.4 Å². The van der Waals surface area contributed by atoms with Gasteiger partial charge in [-0.25, -0.2) is 4.68 Å². The highest BCUT2D eigenvalue weighted by Gasteiger charge is 2.15. The fourth-order valence-corrected chi connectivity index (χ4v) is 3.75. The van der Waals surface area contributed by atoms with Gasteiger partial charge in [0.1, 0.15) is 5.02 Å². The van der Waals surface area contributed by atoms with Crippen LogP contribution in [0.15, 0.2) is 65.6 Å². The molecular weight excluding hydrogens is 400 g/mol. The number of aromatic nitrogens is 2. The molecule has 0 bridgehead atoms. The molecule has 0 aliphatic carbocycles. The fourth-order valence-electron chi connectivity index (χ4n) is 3.55. The maximum Gasteiger partial charge on any atom is 0.287 e. The highest BCUT2D eigenvalue weighted by Crippen LogP contribution is 2.25. The molecule has 0 amide bonds. The van der Waals surface area contributed by atoms with Crippen molar-refractivity contribution in [1.82, 2.24) is 9.78 Å². The van der Waals surface area contributed by atoms with Gasteiger partial charge < -0.3 is 15.0 Å². The molecule has 0 saturated carbocycles. The number of benzene rings is 2. The Hall–Kier alpha value is -2.83. The van der Waals surface area contributed by atoms with Crippen molar-refractivity contribution >= 4 is 23.0 Å². The maximum absolute atomic E-state index is 12.6. The lowest BCUT2D eigenvalue weighted by Crippen LogP contribution is -2.36. The van der Waals surface area contributed by atoms with Crippen LogP contribution >= 0.6 is 11.6 Å². The SMILES string of the molecule is CC(Nc1cnn(Cc2ccccc2)c(=O)c1Cl)c1ccc(N2CCOCC2)cc1. The van der Waals surface area contributed by atoms with Gasteiger partial charge in [0.25, 0.3) is 5.56 Å².